The highest BCUT2D eigenvalue weighted by atomic mass is 35.5. The molecule has 2 aromatic rings. The normalized spacial score (nSPS) is 12.2. The second-order valence-electron chi connectivity index (χ2n) is 5.70. The number of rotatable bonds is 7. The number of aryl methyl sites for hydroxylation is 1. The largest absolute Gasteiger partial charge is 0.469 e. The minimum absolute atomic E-state index is 0.107. The zero-order chi connectivity index (χ0) is 18.6. The Labute approximate surface area is 160 Å². The van der Waals surface area contributed by atoms with Gasteiger partial charge < -0.3 is 9.84 Å². The number of carbonyl (C=O) groups is 2. The molecular weight excluding hydrogens is 387 g/mol. The van der Waals surface area contributed by atoms with Crippen LogP contribution in [0.5, 0.6) is 0 Å². The molecule has 7 heteroatoms. The average Bonchev–Trinajstić information content (AvgIpc) is 2.54. The molecule has 0 aliphatic heterocycles. The van der Waals surface area contributed by atoms with Crippen LogP contribution in [0.15, 0.2) is 24.3 Å². The highest BCUT2D eigenvalue weighted by molar-refractivity contribution is 6.40. The fourth-order valence-corrected chi connectivity index (χ4v) is 3.42. The number of methoxy groups -OCH3 is 1. The molecule has 25 heavy (non-hydrogen) atoms. The molecule has 0 bridgehead atoms. The van der Waals surface area contributed by atoms with Crippen molar-refractivity contribution < 1.29 is 19.4 Å². The van der Waals surface area contributed by atoms with E-state index in [1.54, 1.807) is 18.2 Å². The number of ketones is 1. The summed E-state index contributed by atoms with van der Waals surface area (Å²) in [5.41, 5.74) is 0.831. The van der Waals surface area contributed by atoms with Crippen molar-refractivity contribution in [3.05, 3.63) is 44.9 Å². The Balaban J connectivity index is 2.10. The molecule has 1 atom stereocenters. The lowest BCUT2D eigenvalue weighted by Crippen LogP contribution is -2.17. The van der Waals surface area contributed by atoms with E-state index in [9.17, 15) is 14.7 Å². The van der Waals surface area contributed by atoms with Gasteiger partial charge in [-0.15, -0.1) is 0 Å². The van der Waals surface area contributed by atoms with Crippen molar-refractivity contribution in [3.63, 3.8) is 0 Å². The van der Waals surface area contributed by atoms with Crippen molar-refractivity contribution in [2.75, 3.05) is 7.11 Å². The first-order valence-corrected chi connectivity index (χ1v) is 8.78. The summed E-state index contributed by atoms with van der Waals surface area (Å²) in [6.07, 6.45) is -0.528. The van der Waals surface area contributed by atoms with Crippen LogP contribution in [0.2, 0.25) is 15.1 Å². The van der Waals surface area contributed by atoms with E-state index in [4.69, 9.17) is 34.8 Å². The van der Waals surface area contributed by atoms with Gasteiger partial charge in [-0.2, -0.15) is 0 Å². The van der Waals surface area contributed by atoms with Crippen LogP contribution in [0.1, 0.15) is 24.8 Å². The van der Waals surface area contributed by atoms with Crippen molar-refractivity contribution in [3.8, 4) is 0 Å². The molecule has 0 saturated carbocycles. The lowest BCUT2D eigenvalue weighted by atomic mass is 9.97. The highest BCUT2D eigenvalue weighted by Crippen LogP contribution is 2.35. The Morgan fingerprint density at radius 3 is 2.52 bits per heavy atom. The number of Topliss-reactive ketones (excluding diaryl/α,β-unsaturated/α-hetero) is 1. The van der Waals surface area contributed by atoms with Crippen LogP contribution in [0, 0.1) is 0 Å². The summed E-state index contributed by atoms with van der Waals surface area (Å²) >= 11 is 18.5. The maximum atomic E-state index is 11.7. The Bertz CT molecular complexity index is 804. The number of hydrogen-bond donors (Lipinski definition) is 1. The summed E-state index contributed by atoms with van der Waals surface area (Å²) in [7, 11) is 1.21. The topological polar surface area (TPSA) is 63.6 Å². The van der Waals surface area contributed by atoms with Gasteiger partial charge in [0.05, 0.1) is 13.2 Å². The Kier molecular flexibility index (Phi) is 7.08. The smallest absolute Gasteiger partial charge is 0.313 e. The standard InChI is InChI=1S/C18H17Cl3O4/c1-25-18(24)8-12(23)7-11(22)3-5-14-13-4-2-10(19)6-15(13)17(21)9-16(14)20/h2,4,6,9,11,22H,3,5,7-8H2,1H3. The highest BCUT2D eigenvalue weighted by Gasteiger charge is 2.17. The van der Waals surface area contributed by atoms with Crippen molar-refractivity contribution in [1.29, 1.82) is 0 Å². The molecule has 0 aliphatic rings. The van der Waals surface area contributed by atoms with Gasteiger partial charge in [0.15, 0.2) is 0 Å². The minimum atomic E-state index is -0.869. The molecule has 0 radical (unpaired) electrons. The Morgan fingerprint density at radius 2 is 1.84 bits per heavy atom. The number of esters is 1. The van der Waals surface area contributed by atoms with Gasteiger partial charge in [0.25, 0.3) is 0 Å². The molecule has 2 rings (SSSR count). The van der Waals surface area contributed by atoms with Crippen molar-refractivity contribution in [2.45, 2.75) is 31.8 Å². The maximum absolute atomic E-state index is 11.7. The van der Waals surface area contributed by atoms with E-state index in [-0.39, 0.29) is 18.6 Å². The fourth-order valence-electron chi connectivity index (χ4n) is 2.62. The zero-order valence-electron chi connectivity index (χ0n) is 13.5. The van der Waals surface area contributed by atoms with Gasteiger partial charge in [-0.25, -0.2) is 0 Å². The van der Waals surface area contributed by atoms with E-state index >= 15 is 0 Å². The third kappa shape index (κ3) is 5.32. The van der Waals surface area contributed by atoms with Crippen molar-refractivity contribution >= 4 is 57.3 Å². The molecule has 0 heterocycles. The zero-order valence-corrected chi connectivity index (χ0v) is 15.8. The number of hydrogen-bond acceptors (Lipinski definition) is 4. The summed E-state index contributed by atoms with van der Waals surface area (Å²) in [5.74, 6) is -0.973. The minimum Gasteiger partial charge on any atom is -0.469 e. The van der Waals surface area contributed by atoms with E-state index in [0.717, 1.165) is 16.3 Å². The van der Waals surface area contributed by atoms with Crippen LogP contribution in [0.3, 0.4) is 0 Å². The molecule has 0 aromatic heterocycles. The first kappa shape index (κ1) is 20.0. The first-order valence-electron chi connectivity index (χ1n) is 7.64. The molecule has 2 aromatic carbocycles. The fraction of sp³-hybridized carbons (Fsp3) is 0.333. The second kappa shape index (κ2) is 8.86. The van der Waals surface area contributed by atoms with Crippen LogP contribution < -0.4 is 0 Å². The van der Waals surface area contributed by atoms with Crippen LogP contribution in [-0.4, -0.2) is 30.1 Å². The predicted octanol–water partition coefficient (Wildman–Crippen LogP) is 4.62. The average molecular weight is 404 g/mol. The summed E-state index contributed by atoms with van der Waals surface area (Å²) in [6, 6.07) is 6.98. The number of aliphatic hydroxyl groups excluding tert-OH is 1. The lowest BCUT2D eigenvalue weighted by Gasteiger charge is -2.14. The van der Waals surface area contributed by atoms with Crippen LogP contribution >= 0.6 is 34.8 Å². The van der Waals surface area contributed by atoms with Gasteiger partial charge >= 0.3 is 5.97 Å². The number of ether oxygens (including phenoxy) is 1. The SMILES string of the molecule is COC(=O)CC(=O)CC(O)CCc1c(Cl)cc(Cl)c2cc(Cl)ccc12. The van der Waals surface area contributed by atoms with Gasteiger partial charge in [0, 0.05) is 26.9 Å². The molecule has 0 amide bonds. The van der Waals surface area contributed by atoms with Crippen molar-refractivity contribution in [1.82, 2.24) is 0 Å². The molecule has 4 nitrogen and oxygen atoms in total. The van der Waals surface area contributed by atoms with E-state index in [0.29, 0.717) is 27.9 Å². The van der Waals surface area contributed by atoms with Gasteiger partial charge in [0.1, 0.15) is 12.2 Å². The van der Waals surface area contributed by atoms with Crippen molar-refractivity contribution in [2.24, 2.45) is 0 Å². The van der Waals surface area contributed by atoms with Crippen LogP contribution in [0.25, 0.3) is 10.8 Å². The van der Waals surface area contributed by atoms with Gasteiger partial charge in [-0.05, 0) is 42.0 Å². The lowest BCUT2D eigenvalue weighted by molar-refractivity contribution is -0.143. The molecular formula is C18H17Cl3O4. The number of halogens is 3. The van der Waals surface area contributed by atoms with Gasteiger partial charge in [0.2, 0.25) is 0 Å². The molecule has 0 aliphatic carbocycles. The molecule has 0 fully saturated rings. The number of fused-ring (bicyclic) bond motifs is 1. The van der Waals surface area contributed by atoms with Crippen LogP contribution in [0.4, 0.5) is 0 Å². The second-order valence-corrected chi connectivity index (χ2v) is 6.95. The van der Waals surface area contributed by atoms with E-state index in [1.807, 2.05) is 6.07 Å². The monoisotopic (exact) mass is 402 g/mol. The van der Waals surface area contributed by atoms with Gasteiger partial charge in [-0.1, -0.05) is 40.9 Å². The Morgan fingerprint density at radius 1 is 1.12 bits per heavy atom. The number of benzene rings is 2. The third-order valence-corrected chi connectivity index (χ3v) is 4.75. The van der Waals surface area contributed by atoms with E-state index < -0.39 is 12.1 Å². The van der Waals surface area contributed by atoms with E-state index in [2.05, 4.69) is 4.74 Å². The summed E-state index contributed by atoms with van der Waals surface area (Å²) < 4.78 is 4.43. The van der Waals surface area contributed by atoms with E-state index in [1.165, 1.54) is 7.11 Å². The Hall–Kier alpha value is -1.33. The number of aliphatic hydroxyl groups is 1. The molecule has 134 valence electrons. The summed E-state index contributed by atoms with van der Waals surface area (Å²) in [6.45, 7) is 0. The number of carbonyl (C=O) groups excluding carboxylic acids is 2. The maximum Gasteiger partial charge on any atom is 0.313 e. The molecule has 1 N–H and O–H groups in total. The molecule has 0 saturated heterocycles. The quantitative estimate of drug-likeness (QED) is 0.541. The predicted molar refractivity (Wildman–Crippen MR) is 99.6 cm³/mol. The summed E-state index contributed by atoms with van der Waals surface area (Å²) in [5, 5.41) is 13.3. The molecule has 0 spiro atoms. The van der Waals surface area contributed by atoms with Crippen LogP contribution in [-0.2, 0) is 20.7 Å². The van der Waals surface area contributed by atoms with Gasteiger partial charge in [-0.3, -0.25) is 9.59 Å². The third-order valence-electron chi connectivity index (χ3n) is 3.87. The first-order chi connectivity index (χ1) is 11.8. The molecule has 1 unspecified atom stereocenters. The summed E-state index contributed by atoms with van der Waals surface area (Å²) in [4.78, 5) is 22.7.